The maximum atomic E-state index is 13.8. The van der Waals surface area contributed by atoms with Crippen molar-refractivity contribution >= 4 is 11.8 Å². The Kier molecular flexibility index (Phi) is 7.92. The molecule has 1 aliphatic heterocycles. The Hall–Kier alpha value is -3.86. The summed E-state index contributed by atoms with van der Waals surface area (Å²) in [5.41, 5.74) is 1.16. The van der Waals surface area contributed by atoms with E-state index < -0.39 is 6.04 Å². The van der Waals surface area contributed by atoms with Crippen LogP contribution in [0.1, 0.15) is 50.1 Å². The van der Waals surface area contributed by atoms with Gasteiger partial charge in [-0.05, 0) is 72.9 Å². The Morgan fingerprint density at radius 1 is 1.08 bits per heavy atom. The maximum absolute atomic E-state index is 13.8. The van der Waals surface area contributed by atoms with Crippen LogP contribution >= 0.6 is 0 Å². The number of ether oxygens (including phenoxy) is 1. The van der Waals surface area contributed by atoms with Crippen molar-refractivity contribution in [1.29, 1.82) is 0 Å². The third-order valence-corrected chi connectivity index (χ3v) is 7.05. The highest BCUT2D eigenvalue weighted by molar-refractivity contribution is 5.89. The van der Waals surface area contributed by atoms with E-state index in [0.717, 1.165) is 38.5 Å². The molecule has 2 aromatic carbocycles. The van der Waals surface area contributed by atoms with Gasteiger partial charge in [-0.2, -0.15) is 4.80 Å². The van der Waals surface area contributed by atoms with Crippen LogP contribution in [-0.2, 0) is 20.9 Å². The van der Waals surface area contributed by atoms with E-state index in [1.165, 1.54) is 46.1 Å². The summed E-state index contributed by atoms with van der Waals surface area (Å²) in [5.74, 6) is -0.689. The molecule has 10 nitrogen and oxygen atoms in total. The first-order chi connectivity index (χ1) is 18.5. The van der Waals surface area contributed by atoms with Gasteiger partial charge in [-0.25, -0.2) is 4.39 Å². The van der Waals surface area contributed by atoms with Crippen LogP contribution < -0.4 is 5.32 Å². The van der Waals surface area contributed by atoms with Crippen LogP contribution in [0.25, 0.3) is 11.4 Å². The number of nitrogens with one attached hydrogen (secondary N) is 1. The third kappa shape index (κ3) is 6.16. The van der Waals surface area contributed by atoms with Gasteiger partial charge in [0.25, 0.3) is 0 Å². The molecule has 2 N–H and O–H groups in total. The SMILES string of the molecule is O=C(NC1CCCC1)[C@@H](c1ccc(O)cc1)N(C[C@@H]1CCCO1)C(=O)Cn1nnc(-c2ccc(F)cc2)n1. The summed E-state index contributed by atoms with van der Waals surface area (Å²) >= 11 is 0. The standard InChI is InChI=1S/C27H31FN6O4/c28-20-11-7-19(8-12-20)26-30-32-34(31-26)17-24(36)33(16-23-6-3-15-38-23)25(18-9-13-22(35)14-10-18)27(37)29-21-4-1-2-5-21/h7-14,21,23,25,35H,1-6,15-17H2,(H,29,37)/t23-,25+/m0/s1. The van der Waals surface area contributed by atoms with Crippen LogP contribution in [0.3, 0.4) is 0 Å². The highest BCUT2D eigenvalue weighted by Gasteiger charge is 2.35. The molecule has 11 heteroatoms. The molecule has 1 saturated heterocycles. The summed E-state index contributed by atoms with van der Waals surface area (Å²) in [6, 6.07) is 11.2. The first-order valence-electron chi connectivity index (χ1n) is 13.0. The van der Waals surface area contributed by atoms with E-state index in [1.54, 1.807) is 12.1 Å². The van der Waals surface area contributed by atoms with E-state index >= 15 is 0 Å². The number of benzene rings is 2. The van der Waals surface area contributed by atoms with Gasteiger partial charge in [-0.15, -0.1) is 10.2 Å². The van der Waals surface area contributed by atoms with Gasteiger partial charge < -0.3 is 20.1 Å². The van der Waals surface area contributed by atoms with E-state index in [9.17, 15) is 19.1 Å². The van der Waals surface area contributed by atoms with E-state index in [-0.39, 0.29) is 54.4 Å². The molecule has 0 spiro atoms. The fourth-order valence-electron chi connectivity index (χ4n) is 5.08. The normalized spacial score (nSPS) is 18.4. The second kappa shape index (κ2) is 11.7. The van der Waals surface area contributed by atoms with Crippen molar-refractivity contribution < 1.29 is 23.8 Å². The van der Waals surface area contributed by atoms with Crippen molar-refractivity contribution in [1.82, 2.24) is 30.4 Å². The van der Waals surface area contributed by atoms with Gasteiger partial charge in [-0.1, -0.05) is 25.0 Å². The lowest BCUT2D eigenvalue weighted by Gasteiger charge is -2.33. The summed E-state index contributed by atoms with van der Waals surface area (Å²) in [6.45, 7) is 0.588. The lowest BCUT2D eigenvalue weighted by molar-refractivity contribution is -0.143. The molecule has 2 fully saturated rings. The van der Waals surface area contributed by atoms with Gasteiger partial charge >= 0.3 is 0 Å². The number of rotatable bonds is 9. The van der Waals surface area contributed by atoms with Gasteiger partial charge in [0.2, 0.25) is 17.6 Å². The molecule has 2 amide bonds. The number of carbonyl (C=O) groups excluding carboxylic acids is 2. The van der Waals surface area contributed by atoms with E-state index in [1.807, 2.05) is 0 Å². The molecule has 1 aromatic heterocycles. The predicted molar refractivity (Wildman–Crippen MR) is 135 cm³/mol. The number of halogens is 1. The summed E-state index contributed by atoms with van der Waals surface area (Å²) in [6.07, 6.45) is 5.40. The average molecular weight is 523 g/mol. The van der Waals surface area contributed by atoms with Crippen molar-refractivity contribution in [2.75, 3.05) is 13.2 Å². The van der Waals surface area contributed by atoms with Crippen LogP contribution in [0, 0.1) is 5.82 Å². The van der Waals surface area contributed by atoms with E-state index in [2.05, 4.69) is 20.7 Å². The van der Waals surface area contributed by atoms with Crippen LogP contribution in [0.4, 0.5) is 4.39 Å². The number of hydrogen-bond donors (Lipinski definition) is 2. The number of hydrogen-bond acceptors (Lipinski definition) is 7. The number of tetrazole rings is 1. The summed E-state index contributed by atoms with van der Waals surface area (Å²) < 4.78 is 19.1. The highest BCUT2D eigenvalue weighted by atomic mass is 19.1. The van der Waals surface area contributed by atoms with Gasteiger partial charge in [-0.3, -0.25) is 9.59 Å². The van der Waals surface area contributed by atoms with Crippen LogP contribution in [0.2, 0.25) is 0 Å². The zero-order chi connectivity index (χ0) is 26.5. The number of nitrogens with zero attached hydrogens (tertiary/aromatic N) is 5. The molecule has 0 unspecified atom stereocenters. The Balaban J connectivity index is 1.42. The number of carbonyl (C=O) groups is 2. The number of amides is 2. The molecule has 0 radical (unpaired) electrons. The van der Waals surface area contributed by atoms with Gasteiger partial charge in [0.1, 0.15) is 24.2 Å². The highest BCUT2D eigenvalue weighted by Crippen LogP contribution is 2.28. The average Bonchev–Trinajstić information content (AvgIpc) is 3.69. The number of aromatic hydroxyl groups is 1. The molecule has 0 bridgehead atoms. The largest absolute Gasteiger partial charge is 0.508 e. The topological polar surface area (TPSA) is 122 Å². The first kappa shape index (κ1) is 25.8. The van der Waals surface area contributed by atoms with Gasteiger partial charge in [0.05, 0.1) is 6.10 Å². The van der Waals surface area contributed by atoms with Crippen LogP contribution in [0.5, 0.6) is 5.75 Å². The molecule has 38 heavy (non-hydrogen) atoms. The Morgan fingerprint density at radius 3 is 2.50 bits per heavy atom. The van der Waals surface area contributed by atoms with Crippen molar-refractivity contribution in [2.45, 2.75) is 63.3 Å². The summed E-state index contributed by atoms with van der Waals surface area (Å²) in [4.78, 5) is 30.2. The molecular weight excluding hydrogens is 491 g/mol. The number of phenolic OH excluding ortho intramolecular Hbond substituents is 1. The predicted octanol–water partition coefficient (Wildman–Crippen LogP) is 2.99. The zero-order valence-corrected chi connectivity index (χ0v) is 21.0. The van der Waals surface area contributed by atoms with Gasteiger partial charge in [0, 0.05) is 24.8 Å². The number of aromatic nitrogens is 4. The monoisotopic (exact) mass is 522 g/mol. The molecule has 2 atom stereocenters. The van der Waals surface area contributed by atoms with Crippen molar-refractivity contribution in [2.24, 2.45) is 0 Å². The van der Waals surface area contributed by atoms with E-state index in [4.69, 9.17) is 4.74 Å². The number of phenols is 1. The second-order valence-corrected chi connectivity index (χ2v) is 9.82. The minimum absolute atomic E-state index is 0.0667. The van der Waals surface area contributed by atoms with Gasteiger partial charge in [0.15, 0.2) is 0 Å². The molecule has 2 aliphatic rings. The van der Waals surface area contributed by atoms with Crippen molar-refractivity contribution in [3.63, 3.8) is 0 Å². The molecule has 200 valence electrons. The maximum Gasteiger partial charge on any atom is 0.247 e. The molecule has 1 aliphatic carbocycles. The summed E-state index contributed by atoms with van der Waals surface area (Å²) in [7, 11) is 0. The second-order valence-electron chi connectivity index (χ2n) is 9.82. The lowest BCUT2D eigenvalue weighted by Crippen LogP contribution is -2.49. The smallest absolute Gasteiger partial charge is 0.247 e. The zero-order valence-electron chi connectivity index (χ0n) is 21.0. The third-order valence-electron chi connectivity index (χ3n) is 7.05. The van der Waals surface area contributed by atoms with Crippen LogP contribution in [-0.4, -0.2) is 67.3 Å². The lowest BCUT2D eigenvalue weighted by atomic mass is 10.0. The Morgan fingerprint density at radius 2 is 1.82 bits per heavy atom. The fourth-order valence-corrected chi connectivity index (χ4v) is 5.08. The quantitative estimate of drug-likeness (QED) is 0.443. The molecule has 1 saturated carbocycles. The van der Waals surface area contributed by atoms with Crippen LogP contribution in [0.15, 0.2) is 48.5 Å². The van der Waals surface area contributed by atoms with E-state index in [0.29, 0.717) is 17.7 Å². The first-order valence-corrected chi connectivity index (χ1v) is 13.0. The minimum Gasteiger partial charge on any atom is -0.508 e. The molecule has 3 aromatic rings. The van der Waals surface area contributed by atoms with Crippen molar-refractivity contribution in [3.05, 3.63) is 59.9 Å². The Labute approximate surface area is 219 Å². The molecular formula is C27H31FN6O4. The Bertz CT molecular complexity index is 1240. The fraction of sp³-hybridized carbons (Fsp3) is 0.444. The molecule has 5 rings (SSSR count). The summed E-state index contributed by atoms with van der Waals surface area (Å²) in [5, 5.41) is 25.3. The van der Waals surface area contributed by atoms with Crippen molar-refractivity contribution in [3.8, 4) is 17.1 Å². The molecule has 2 heterocycles. The minimum atomic E-state index is -0.923.